The summed E-state index contributed by atoms with van der Waals surface area (Å²) in [4.78, 5) is 94.3. The maximum absolute atomic E-state index is 12.6. The molecular formula is C30H39N3O17S2. The van der Waals surface area contributed by atoms with Crippen LogP contribution in [0.1, 0.15) is 54.7 Å². The van der Waals surface area contributed by atoms with E-state index in [1.54, 1.807) is 6.26 Å². The number of carbonyl (C=O) groups is 7. The second-order valence-corrected chi connectivity index (χ2v) is 12.4. The monoisotopic (exact) mass is 777 g/mol. The van der Waals surface area contributed by atoms with Gasteiger partial charge in [0.05, 0.1) is 0 Å². The van der Waals surface area contributed by atoms with Gasteiger partial charge in [0.15, 0.2) is 48.2 Å². The molecule has 22 heteroatoms. The SMILES string of the molecule is CSc1ncn([C@@H]2O[C@H](COC(C)=O)[C@@H](O[C@@H]3O[C@H](COC(C)=O)[C@@H](OC(C)=O)[C@H](OC(C)=O)[C@H]3OC(C)=O)[C@H](OC(C)=O)[C@H]2OC(C)=O)c(=S)n1. The molecule has 20 nitrogen and oxygen atoms in total. The van der Waals surface area contributed by atoms with Gasteiger partial charge in [-0.15, -0.1) is 0 Å². The first kappa shape index (κ1) is 42.2. The van der Waals surface area contributed by atoms with E-state index in [2.05, 4.69) is 9.97 Å². The van der Waals surface area contributed by atoms with E-state index in [0.29, 0.717) is 5.16 Å². The van der Waals surface area contributed by atoms with Crippen LogP contribution >= 0.6 is 24.0 Å². The van der Waals surface area contributed by atoms with Crippen LogP contribution in [0.15, 0.2) is 11.5 Å². The van der Waals surface area contributed by atoms with E-state index >= 15 is 0 Å². The Morgan fingerprint density at radius 1 is 0.654 bits per heavy atom. The Kier molecular flexibility index (Phi) is 15.4. The largest absolute Gasteiger partial charge is 0.463 e. The number of carbonyl (C=O) groups excluding carboxylic acids is 7. The lowest BCUT2D eigenvalue weighted by Gasteiger charge is -2.49. The number of nitrogens with zero attached hydrogens (tertiary/aromatic N) is 3. The Labute approximate surface area is 306 Å². The predicted octanol–water partition coefficient (Wildman–Crippen LogP) is 0.522. The lowest BCUT2D eigenvalue weighted by Crippen LogP contribution is -2.66. The maximum Gasteiger partial charge on any atom is 0.303 e. The van der Waals surface area contributed by atoms with Gasteiger partial charge in [-0.05, 0) is 18.5 Å². The number of rotatable bonds is 13. The molecule has 0 radical (unpaired) electrons. The van der Waals surface area contributed by atoms with E-state index in [4.69, 9.17) is 59.6 Å². The van der Waals surface area contributed by atoms with Crippen molar-refractivity contribution in [3.8, 4) is 0 Å². The van der Waals surface area contributed by atoms with Gasteiger partial charge in [0.25, 0.3) is 0 Å². The third-order valence-corrected chi connectivity index (χ3v) is 7.93. The average molecular weight is 778 g/mol. The highest BCUT2D eigenvalue weighted by atomic mass is 32.2. The van der Waals surface area contributed by atoms with Crippen molar-refractivity contribution >= 4 is 65.8 Å². The Morgan fingerprint density at radius 2 is 1.10 bits per heavy atom. The molecule has 0 saturated carbocycles. The molecule has 0 bridgehead atoms. The molecule has 0 spiro atoms. The van der Waals surface area contributed by atoms with Crippen molar-refractivity contribution in [1.82, 2.24) is 14.5 Å². The summed E-state index contributed by atoms with van der Waals surface area (Å²) in [7, 11) is 0. The van der Waals surface area contributed by atoms with Gasteiger partial charge in [0, 0.05) is 48.5 Å². The van der Waals surface area contributed by atoms with Crippen LogP contribution in [0.5, 0.6) is 0 Å². The van der Waals surface area contributed by atoms with Crippen molar-refractivity contribution in [2.45, 2.75) is 115 Å². The minimum atomic E-state index is -1.81. The molecule has 0 unspecified atom stereocenters. The van der Waals surface area contributed by atoms with Crippen LogP contribution in [0.25, 0.3) is 0 Å². The number of hydrogen-bond donors (Lipinski definition) is 0. The van der Waals surface area contributed by atoms with Crippen LogP contribution in [0, 0.1) is 4.77 Å². The van der Waals surface area contributed by atoms with Gasteiger partial charge < -0.3 is 47.4 Å². The van der Waals surface area contributed by atoms with Crippen LogP contribution in [0.4, 0.5) is 0 Å². The third kappa shape index (κ3) is 11.6. The first-order chi connectivity index (χ1) is 24.4. The Bertz CT molecular complexity index is 1570. The van der Waals surface area contributed by atoms with E-state index in [1.165, 1.54) is 22.7 Å². The van der Waals surface area contributed by atoms with Crippen molar-refractivity contribution < 1.29 is 80.9 Å². The zero-order valence-electron chi connectivity index (χ0n) is 29.4. The molecule has 52 heavy (non-hydrogen) atoms. The summed E-state index contributed by atoms with van der Waals surface area (Å²) >= 11 is 6.65. The van der Waals surface area contributed by atoms with Gasteiger partial charge in [-0.25, -0.2) is 4.98 Å². The first-order valence-electron chi connectivity index (χ1n) is 15.5. The highest BCUT2D eigenvalue weighted by Crippen LogP contribution is 2.38. The number of thioether (sulfide) groups is 1. The summed E-state index contributed by atoms with van der Waals surface area (Å²) in [5.74, 6) is -5.93. The van der Waals surface area contributed by atoms with Crippen LogP contribution in [-0.2, 0) is 80.9 Å². The molecule has 2 aliphatic rings. The predicted molar refractivity (Wildman–Crippen MR) is 171 cm³/mol. The minimum absolute atomic E-state index is 0.0757. The fourth-order valence-electron chi connectivity index (χ4n) is 5.32. The maximum atomic E-state index is 12.6. The van der Waals surface area contributed by atoms with Crippen LogP contribution in [0.3, 0.4) is 0 Å². The number of esters is 7. The van der Waals surface area contributed by atoms with Gasteiger partial charge in [-0.2, -0.15) is 4.98 Å². The van der Waals surface area contributed by atoms with Crippen molar-refractivity contribution in [1.29, 1.82) is 0 Å². The average Bonchev–Trinajstić information content (AvgIpc) is 3.02. The Hall–Kier alpha value is -4.25. The lowest BCUT2D eigenvalue weighted by molar-refractivity contribution is -0.349. The fourth-order valence-corrected chi connectivity index (χ4v) is 5.94. The molecule has 0 N–H and O–H groups in total. The van der Waals surface area contributed by atoms with E-state index < -0.39 is 116 Å². The fraction of sp³-hybridized carbons (Fsp3) is 0.667. The number of aromatic nitrogens is 3. The second-order valence-electron chi connectivity index (χ2n) is 11.2. The van der Waals surface area contributed by atoms with Crippen LogP contribution in [-0.4, -0.2) is 131 Å². The number of ether oxygens (including phenoxy) is 10. The van der Waals surface area contributed by atoms with E-state index in [0.717, 1.165) is 48.5 Å². The first-order valence-corrected chi connectivity index (χ1v) is 17.1. The van der Waals surface area contributed by atoms with Gasteiger partial charge in [0.2, 0.25) is 4.77 Å². The molecular weight excluding hydrogens is 738 g/mol. The molecule has 3 heterocycles. The minimum Gasteiger partial charge on any atom is -0.463 e. The molecule has 0 amide bonds. The quantitative estimate of drug-likeness (QED) is 0.115. The van der Waals surface area contributed by atoms with E-state index in [-0.39, 0.29) is 4.77 Å². The zero-order valence-corrected chi connectivity index (χ0v) is 31.0. The smallest absolute Gasteiger partial charge is 0.303 e. The van der Waals surface area contributed by atoms with Gasteiger partial charge in [-0.1, -0.05) is 11.8 Å². The number of hydrogen-bond acceptors (Lipinski definition) is 21. The zero-order chi connectivity index (χ0) is 38.9. The molecule has 1 aromatic rings. The van der Waals surface area contributed by atoms with Crippen LogP contribution in [0.2, 0.25) is 0 Å². The summed E-state index contributed by atoms with van der Waals surface area (Å²) in [6.07, 6.45) is -12.7. The van der Waals surface area contributed by atoms with Crippen molar-refractivity contribution in [3.63, 3.8) is 0 Å². The third-order valence-electron chi connectivity index (χ3n) is 7.07. The molecule has 288 valence electrons. The molecule has 0 aromatic carbocycles. The van der Waals surface area contributed by atoms with E-state index in [9.17, 15) is 33.6 Å². The van der Waals surface area contributed by atoms with Gasteiger partial charge in [-0.3, -0.25) is 38.1 Å². The molecule has 1 aromatic heterocycles. The highest BCUT2D eigenvalue weighted by molar-refractivity contribution is 7.98. The standard InChI is InChI=1S/C30H39N3O17S2/c1-12(34)41-9-19-22(23(44-15(4)37)25(46-17(6)39)27(48-19)33-11-31-29(52-8)32-30(33)51)50-28-26(47-18(7)40)24(45-16(5)38)21(43-14(3)36)20(49-28)10-42-13(2)35/h11,19-28H,9-10H2,1-8H3/t19-,20-,21-,22-,23+,24+,25-,26-,27-,28+/m1/s1. The summed E-state index contributed by atoms with van der Waals surface area (Å²) in [6.45, 7) is 6.32. The molecule has 2 saturated heterocycles. The topological polar surface area (TPSA) is 242 Å². The van der Waals surface area contributed by atoms with Gasteiger partial charge in [0.1, 0.15) is 37.9 Å². The summed E-state index contributed by atoms with van der Waals surface area (Å²) in [5, 5.41) is 0.305. The molecule has 10 atom stereocenters. The summed E-state index contributed by atoms with van der Waals surface area (Å²) < 4.78 is 57.9. The van der Waals surface area contributed by atoms with Crippen LogP contribution < -0.4 is 0 Å². The van der Waals surface area contributed by atoms with E-state index in [1.807, 2.05) is 0 Å². The van der Waals surface area contributed by atoms with Gasteiger partial charge >= 0.3 is 41.8 Å². The highest BCUT2D eigenvalue weighted by Gasteiger charge is 2.57. The summed E-state index contributed by atoms with van der Waals surface area (Å²) in [5.41, 5.74) is 0. The molecule has 2 fully saturated rings. The summed E-state index contributed by atoms with van der Waals surface area (Å²) in [6, 6.07) is 0. The second kappa shape index (κ2) is 19.0. The molecule has 3 rings (SSSR count). The Balaban J connectivity index is 2.23. The van der Waals surface area contributed by atoms with Crippen molar-refractivity contribution in [2.24, 2.45) is 0 Å². The van der Waals surface area contributed by atoms with Crippen molar-refractivity contribution in [3.05, 3.63) is 11.1 Å². The van der Waals surface area contributed by atoms with Crippen molar-refractivity contribution in [2.75, 3.05) is 19.5 Å². The Morgan fingerprint density at radius 3 is 1.56 bits per heavy atom. The molecule has 0 aliphatic carbocycles. The molecule has 2 aliphatic heterocycles. The normalized spacial score (nSPS) is 28.4. The lowest BCUT2D eigenvalue weighted by atomic mass is 9.95.